The van der Waals surface area contributed by atoms with Gasteiger partial charge in [-0.1, -0.05) is 30.7 Å². The number of hydrogen-bond acceptors (Lipinski definition) is 3. The number of nitrogens with one attached hydrogen (secondary N) is 1. The van der Waals surface area contributed by atoms with Crippen molar-refractivity contribution in [3.63, 3.8) is 0 Å². The van der Waals surface area contributed by atoms with Crippen LogP contribution in [0.15, 0.2) is 24.3 Å². The summed E-state index contributed by atoms with van der Waals surface area (Å²) in [7, 11) is 0. The smallest absolute Gasteiger partial charge is 0.257 e. The Morgan fingerprint density at radius 1 is 1.50 bits per heavy atom. The summed E-state index contributed by atoms with van der Waals surface area (Å²) >= 11 is 5.96. The zero-order chi connectivity index (χ0) is 14.4. The molecule has 1 aromatic rings. The molecule has 20 heavy (non-hydrogen) atoms. The lowest BCUT2D eigenvalue weighted by Crippen LogP contribution is -2.41. The standard InChI is InChI=1S/C15H21ClN2O2/c1-2-18-9-5-6-12(18)10-17-15(19)11-20-14-8-4-3-7-13(14)16/h3-4,7-8,12H,2,5-6,9-11H2,1H3,(H,17,19). The molecule has 1 heterocycles. The van der Waals surface area contributed by atoms with E-state index in [0.29, 0.717) is 23.4 Å². The maximum Gasteiger partial charge on any atom is 0.257 e. The van der Waals surface area contributed by atoms with Crippen molar-refractivity contribution in [2.24, 2.45) is 0 Å². The number of hydrogen-bond donors (Lipinski definition) is 1. The van der Waals surface area contributed by atoms with Crippen LogP contribution in [0.1, 0.15) is 19.8 Å². The van der Waals surface area contributed by atoms with Gasteiger partial charge in [-0.2, -0.15) is 0 Å². The molecular weight excluding hydrogens is 276 g/mol. The van der Waals surface area contributed by atoms with Crippen LogP contribution in [0.25, 0.3) is 0 Å². The van der Waals surface area contributed by atoms with Crippen LogP contribution in [0.5, 0.6) is 5.75 Å². The van der Waals surface area contributed by atoms with Crippen LogP contribution in [0, 0.1) is 0 Å². The van der Waals surface area contributed by atoms with Gasteiger partial charge in [-0.3, -0.25) is 9.69 Å². The fraction of sp³-hybridized carbons (Fsp3) is 0.533. The molecule has 1 atom stereocenters. The van der Waals surface area contributed by atoms with Crippen LogP contribution in [-0.4, -0.2) is 43.1 Å². The fourth-order valence-corrected chi connectivity index (χ4v) is 2.72. The van der Waals surface area contributed by atoms with Crippen molar-refractivity contribution in [1.29, 1.82) is 0 Å². The number of carbonyl (C=O) groups is 1. The first-order chi connectivity index (χ1) is 9.70. The van der Waals surface area contributed by atoms with E-state index < -0.39 is 0 Å². The zero-order valence-corrected chi connectivity index (χ0v) is 12.5. The molecule has 2 rings (SSSR count). The van der Waals surface area contributed by atoms with Gasteiger partial charge in [-0.25, -0.2) is 0 Å². The van der Waals surface area contributed by atoms with Crippen molar-refractivity contribution in [2.75, 3.05) is 26.2 Å². The second-order valence-electron chi connectivity index (χ2n) is 4.95. The molecule has 5 heteroatoms. The summed E-state index contributed by atoms with van der Waals surface area (Å²) in [5.74, 6) is 0.438. The first-order valence-electron chi connectivity index (χ1n) is 7.08. The summed E-state index contributed by atoms with van der Waals surface area (Å²) in [6, 6.07) is 7.62. The Kier molecular flexibility index (Phi) is 5.68. The Morgan fingerprint density at radius 2 is 2.30 bits per heavy atom. The van der Waals surface area contributed by atoms with Crippen LogP contribution >= 0.6 is 11.6 Å². The Labute approximate surface area is 125 Å². The van der Waals surface area contributed by atoms with Crippen LogP contribution < -0.4 is 10.1 Å². The number of likely N-dealkylation sites (tertiary alicyclic amines) is 1. The van der Waals surface area contributed by atoms with Gasteiger partial charge >= 0.3 is 0 Å². The molecule has 0 radical (unpaired) electrons. The molecule has 0 spiro atoms. The average molecular weight is 297 g/mol. The molecule has 1 saturated heterocycles. The number of carbonyl (C=O) groups excluding carboxylic acids is 1. The third-order valence-corrected chi connectivity index (χ3v) is 3.95. The number of amides is 1. The summed E-state index contributed by atoms with van der Waals surface area (Å²) < 4.78 is 5.41. The number of rotatable bonds is 6. The van der Waals surface area contributed by atoms with Gasteiger partial charge in [-0.05, 0) is 38.1 Å². The van der Waals surface area contributed by atoms with Crippen molar-refractivity contribution in [1.82, 2.24) is 10.2 Å². The van der Waals surface area contributed by atoms with E-state index in [-0.39, 0.29) is 12.5 Å². The van der Waals surface area contributed by atoms with Crippen LogP contribution in [0.4, 0.5) is 0 Å². The van der Waals surface area contributed by atoms with Crippen molar-refractivity contribution in [3.05, 3.63) is 29.3 Å². The topological polar surface area (TPSA) is 41.6 Å². The van der Waals surface area contributed by atoms with E-state index in [1.54, 1.807) is 12.1 Å². The molecule has 1 aliphatic heterocycles. The van der Waals surface area contributed by atoms with Gasteiger partial charge in [0.2, 0.25) is 0 Å². The monoisotopic (exact) mass is 296 g/mol. The van der Waals surface area contributed by atoms with Gasteiger partial charge in [0.1, 0.15) is 5.75 Å². The first kappa shape index (κ1) is 15.1. The van der Waals surface area contributed by atoms with Crippen molar-refractivity contribution in [3.8, 4) is 5.75 Å². The largest absolute Gasteiger partial charge is 0.482 e. The molecule has 1 fully saturated rings. The predicted molar refractivity (Wildman–Crippen MR) is 80.2 cm³/mol. The lowest BCUT2D eigenvalue weighted by atomic mass is 10.2. The van der Waals surface area contributed by atoms with Gasteiger partial charge in [0, 0.05) is 12.6 Å². The number of nitrogens with zero attached hydrogens (tertiary/aromatic N) is 1. The lowest BCUT2D eigenvalue weighted by Gasteiger charge is -2.22. The molecule has 0 aromatic heterocycles. The Balaban J connectivity index is 1.72. The van der Waals surface area contributed by atoms with E-state index in [0.717, 1.165) is 19.5 Å². The number of benzene rings is 1. The number of likely N-dealkylation sites (N-methyl/N-ethyl adjacent to an activating group) is 1. The highest BCUT2D eigenvalue weighted by Gasteiger charge is 2.23. The molecule has 4 nitrogen and oxygen atoms in total. The Hall–Kier alpha value is -1.26. The summed E-state index contributed by atoms with van der Waals surface area (Å²) in [5.41, 5.74) is 0. The third kappa shape index (κ3) is 4.12. The minimum Gasteiger partial charge on any atom is -0.482 e. The zero-order valence-electron chi connectivity index (χ0n) is 11.8. The molecule has 0 bridgehead atoms. The SMILES string of the molecule is CCN1CCCC1CNC(=O)COc1ccccc1Cl. The van der Waals surface area contributed by atoms with E-state index in [9.17, 15) is 4.79 Å². The molecule has 1 N–H and O–H groups in total. The van der Waals surface area contributed by atoms with Crippen LogP contribution in [-0.2, 0) is 4.79 Å². The fourth-order valence-electron chi connectivity index (χ4n) is 2.53. The Bertz CT molecular complexity index is 453. The van der Waals surface area contributed by atoms with E-state index in [2.05, 4.69) is 17.1 Å². The van der Waals surface area contributed by atoms with Gasteiger partial charge in [0.15, 0.2) is 6.61 Å². The minimum atomic E-state index is -0.104. The first-order valence-corrected chi connectivity index (χ1v) is 7.46. The maximum absolute atomic E-state index is 11.8. The van der Waals surface area contributed by atoms with Crippen LogP contribution in [0.2, 0.25) is 5.02 Å². The van der Waals surface area contributed by atoms with Gasteiger partial charge in [-0.15, -0.1) is 0 Å². The highest BCUT2D eigenvalue weighted by molar-refractivity contribution is 6.32. The Morgan fingerprint density at radius 3 is 3.05 bits per heavy atom. The highest BCUT2D eigenvalue weighted by Crippen LogP contribution is 2.22. The minimum absolute atomic E-state index is 0.00256. The van der Waals surface area contributed by atoms with Crippen molar-refractivity contribution < 1.29 is 9.53 Å². The quantitative estimate of drug-likeness (QED) is 0.876. The third-order valence-electron chi connectivity index (χ3n) is 3.64. The summed E-state index contributed by atoms with van der Waals surface area (Å²) in [6.45, 7) is 5.02. The van der Waals surface area contributed by atoms with Gasteiger partial charge in [0.25, 0.3) is 5.91 Å². The number of para-hydroxylation sites is 1. The lowest BCUT2D eigenvalue weighted by molar-refractivity contribution is -0.123. The van der Waals surface area contributed by atoms with Gasteiger partial charge in [0.05, 0.1) is 5.02 Å². The summed E-state index contributed by atoms with van der Waals surface area (Å²) in [4.78, 5) is 14.2. The molecule has 1 aliphatic rings. The maximum atomic E-state index is 11.8. The van der Waals surface area contributed by atoms with E-state index >= 15 is 0 Å². The molecule has 0 aliphatic carbocycles. The van der Waals surface area contributed by atoms with Crippen molar-refractivity contribution in [2.45, 2.75) is 25.8 Å². The summed E-state index contributed by atoms with van der Waals surface area (Å²) in [5, 5.41) is 3.45. The van der Waals surface area contributed by atoms with Gasteiger partial charge < -0.3 is 10.1 Å². The molecule has 1 aromatic carbocycles. The average Bonchev–Trinajstić information content (AvgIpc) is 2.91. The predicted octanol–water partition coefficient (Wildman–Crippen LogP) is 2.32. The normalized spacial score (nSPS) is 19.0. The molecular formula is C15H21ClN2O2. The second-order valence-corrected chi connectivity index (χ2v) is 5.36. The molecule has 1 amide bonds. The molecule has 0 saturated carbocycles. The highest BCUT2D eigenvalue weighted by atomic mass is 35.5. The number of halogens is 1. The van der Waals surface area contributed by atoms with Crippen LogP contribution in [0.3, 0.4) is 0 Å². The molecule has 1 unspecified atom stereocenters. The molecule has 110 valence electrons. The van der Waals surface area contributed by atoms with E-state index in [1.807, 2.05) is 12.1 Å². The number of ether oxygens (including phenoxy) is 1. The second kappa shape index (κ2) is 7.50. The summed E-state index contributed by atoms with van der Waals surface area (Å²) in [6.07, 6.45) is 2.37. The van der Waals surface area contributed by atoms with E-state index in [4.69, 9.17) is 16.3 Å². The van der Waals surface area contributed by atoms with E-state index in [1.165, 1.54) is 6.42 Å². The van der Waals surface area contributed by atoms with Crippen molar-refractivity contribution >= 4 is 17.5 Å².